The molecule has 0 unspecified atom stereocenters. The first-order valence-electron chi connectivity index (χ1n) is 6.90. The van der Waals surface area contributed by atoms with Crippen LogP contribution in [0.15, 0.2) is 28.9 Å². The van der Waals surface area contributed by atoms with Crippen LogP contribution >= 0.6 is 0 Å². The molecule has 0 spiro atoms. The number of hydrogen-bond donors (Lipinski definition) is 1. The molecule has 0 radical (unpaired) electrons. The van der Waals surface area contributed by atoms with Gasteiger partial charge in [-0.25, -0.2) is 4.79 Å². The number of ether oxygens (including phenoxy) is 1. The fourth-order valence-corrected chi connectivity index (χ4v) is 2.37. The number of piperazine rings is 1. The smallest absolute Gasteiger partial charge is 0.409 e. The van der Waals surface area contributed by atoms with E-state index < -0.39 is 0 Å². The molecule has 3 heterocycles. The lowest BCUT2D eigenvalue weighted by Gasteiger charge is -2.33. The largest absolute Gasteiger partial charge is 0.463 e. The Morgan fingerprint density at radius 1 is 1.27 bits per heavy atom. The highest BCUT2D eigenvalue weighted by Crippen LogP contribution is 2.18. The van der Waals surface area contributed by atoms with Gasteiger partial charge in [-0.15, -0.1) is 0 Å². The lowest BCUT2D eigenvalue weighted by atomic mass is 10.2. The third kappa shape index (κ3) is 2.67. The summed E-state index contributed by atoms with van der Waals surface area (Å²) >= 11 is 0. The van der Waals surface area contributed by atoms with Gasteiger partial charge in [-0.05, 0) is 12.1 Å². The molecule has 8 heteroatoms. The summed E-state index contributed by atoms with van der Waals surface area (Å²) in [5, 5.41) is 6.82. The molecular weight excluding hydrogens is 288 g/mol. The number of furan rings is 1. The number of methoxy groups -OCH3 is 1. The monoisotopic (exact) mass is 304 g/mol. The first-order valence-corrected chi connectivity index (χ1v) is 6.90. The number of aromatic nitrogens is 2. The average molecular weight is 304 g/mol. The summed E-state index contributed by atoms with van der Waals surface area (Å²) in [4.78, 5) is 27.1. The molecule has 8 nitrogen and oxygen atoms in total. The summed E-state index contributed by atoms with van der Waals surface area (Å²) in [6.45, 7) is 1.81. The molecule has 0 aliphatic carbocycles. The van der Waals surface area contributed by atoms with Gasteiger partial charge in [0.2, 0.25) is 0 Å². The molecule has 0 atom stereocenters. The van der Waals surface area contributed by atoms with E-state index in [1.165, 1.54) is 7.11 Å². The molecule has 0 bridgehead atoms. The molecular formula is C14H16N4O4. The van der Waals surface area contributed by atoms with Gasteiger partial charge in [-0.2, -0.15) is 5.10 Å². The minimum atomic E-state index is -0.369. The third-order valence-electron chi connectivity index (χ3n) is 3.58. The first kappa shape index (κ1) is 14.2. The van der Waals surface area contributed by atoms with Crippen molar-refractivity contribution in [1.29, 1.82) is 0 Å². The summed E-state index contributed by atoms with van der Waals surface area (Å²) in [5.41, 5.74) is 0.986. The number of H-pyrrole nitrogens is 1. The van der Waals surface area contributed by atoms with E-state index in [0.717, 1.165) is 0 Å². The highest BCUT2D eigenvalue weighted by atomic mass is 16.5. The van der Waals surface area contributed by atoms with Crippen LogP contribution in [0.4, 0.5) is 4.79 Å². The number of carbonyl (C=O) groups excluding carboxylic acids is 2. The highest BCUT2D eigenvalue weighted by molar-refractivity contribution is 5.93. The lowest BCUT2D eigenvalue weighted by molar-refractivity contribution is 0.0594. The van der Waals surface area contributed by atoms with E-state index in [0.29, 0.717) is 43.3 Å². The third-order valence-corrected chi connectivity index (χ3v) is 3.58. The second kappa shape index (κ2) is 5.92. The Hall–Kier alpha value is -2.77. The molecule has 1 fully saturated rings. The van der Waals surface area contributed by atoms with E-state index >= 15 is 0 Å². The van der Waals surface area contributed by atoms with Gasteiger partial charge in [0.15, 0.2) is 11.5 Å². The van der Waals surface area contributed by atoms with Crippen molar-refractivity contribution < 1.29 is 18.7 Å². The van der Waals surface area contributed by atoms with Crippen molar-refractivity contribution in [2.45, 2.75) is 0 Å². The second-order valence-electron chi connectivity index (χ2n) is 4.89. The van der Waals surface area contributed by atoms with E-state index in [9.17, 15) is 9.59 Å². The van der Waals surface area contributed by atoms with Gasteiger partial charge in [-0.3, -0.25) is 9.89 Å². The van der Waals surface area contributed by atoms with E-state index in [2.05, 4.69) is 14.9 Å². The fourth-order valence-electron chi connectivity index (χ4n) is 2.37. The maximum atomic E-state index is 12.4. The summed E-state index contributed by atoms with van der Waals surface area (Å²) in [7, 11) is 1.35. The predicted molar refractivity (Wildman–Crippen MR) is 76.2 cm³/mol. The van der Waals surface area contributed by atoms with Gasteiger partial charge in [0.05, 0.1) is 13.4 Å². The number of hydrogen-bond acceptors (Lipinski definition) is 5. The minimum Gasteiger partial charge on any atom is -0.463 e. The molecule has 3 rings (SSSR count). The number of nitrogens with zero attached hydrogens (tertiary/aromatic N) is 3. The van der Waals surface area contributed by atoms with Crippen molar-refractivity contribution in [2.24, 2.45) is 0 Å². The van der Waals surface area contributed by atoms with Crippen LogP contribution in [-0.2, 0) is 4.74 Å². The average Bonchev–Trinajstić information content (AvgIpc) is 3.24. The van der Waals surface area contributed by atoms with Gasteiger partial charge in [0.1, 0.15) is 5.69 Å². The molecule has 2 amide bonds. The van der Waals surface area contributed by atoms with Crippen molar-refractivity contribution in [3.8, 4) is 11.5 Å². The van der Waals surface area contributed by atoms with Crippen LogP contribution in [-0.4, -0.2) is 65.3 Å². The van der Waals surface area contributed by atoms with Crippen LogP contribution in [0, 0.1) is 0 Å². The molecule has 116 valence electrons. The lowest BCUT2D eigenvalue weighted by Crippen LogP contribution is -2.50. The van der Waals surface area contributed by atoms with Crippen LogP contribution in [0.1, 0.15) is 10.5 Å². The maximum absolute atomic E-state index is 12.4. The van der Waals surface area contributed by atoms with Crippen molar-refractivity contribution in [3.05, 3.63) is 30.2 Å². The van der Waals surface area contributed by atoms with Gasteiger partial charge in [0, 0.05) is 32.2 Å². The zero-order valence-electron chi connectivity index (χ0n) is 12.1. The summed E-state index contributed by atoms with van der Waals surface area (Å²) in [6, 6.07) is 5.22. The Kier molecular flexibility index (Phi) is 3.82. The van der Waals surface area contributed by atoms with Crippen LogP contribution < -0.4 is 0 Å². The number of amides is 2. The normalized spacial score (nSPS) is 15.0. The molecule has 1 saturated heterocycles. The first-order chi connectivity index (χ1) is 10.7. The Balaban J connectivity index is 1.64. The van der Waals surface area contributed by atoms with Gasteiger partial charge < -0.3 is 19.0 Å². The number of rotatable bonds is 2. The Labute approximate surface area is 126 Å². The van der Waals surface area contributed by atoms with Gasteiger partial charge in [-0.1, -0.05) is 0 Å². The second-order valence-corrected chi connectivity index (χ2v) is 4.89. The molecule has 1 aliphatic rings. The zero-order valence-corrected chi connectivity index (χ0v) is 12.1. The highest BCUT2D eigenvalue weighted by Gasteiger charge is 2.26. The maximum Gasteiger partial charge on any atom is 0.409 e. The molecule has 2 aromatic heterocycles. The zero-order chi connectivity index (χ0) is 15.5. The minimum absolute atomic E-state index is 0.168. The van der Waals surface area contributed by atoms with E-state index in [1.807, 2.05) is 0 Å². The van der Waals surface area contributed by atoms with E-state index in [4.69, 9.17) is 4.42 Å². The summed E-state index contributed by atoms with van der Waals surface area (Å²) < 4.78 is 9.93. The Bertz CT molecular complexity index is 656. The topological polar surface area (TPSA) is 91.7 Å². The van der Waals surface area contributed by atoms with Gasteiger partial charge in [0.25, 0.3) is 5.91 Å². The van der Waals surface area contributed by atoms with Crippen LogP contribution in [0.25, 0.3) is 11.5 Å². The molecule has 2 aromatic rings. The molecule has 0 aromatic carbocycles. The quantitative estimate of drug-likeness (QED) is 0.900. The van der Waals surface area contributed by atoms with Crippen LogP contribution in [0.2, 0.25) is 0 Å². The van der Waals surface area contributed by atoms with Crippen molar-refractivity contribution in [3.63, 3.8) is 0 Å². The summed E-state index contributed by atoms with van der Waals surface area (Å²) in [6.07, 6.45) is 1.19. The van der Waals surface area contributed by atoms with Crippen molar-refractivity contribution >= 4 is 12.0 Å². The van der Waals surface area contributed by atoms with E-state index in [-0.39, 0.29) is 12.0 Å². The Morgan fingerprint density at radius 3 is 2.64 bits per heavy atom. The summed E-state index contributed by atoms with van der Waals surface area (Å²) in [5.74, 6) is 0.459. The van der Waals surface area contributed by atoms with Crippen molar-refractivity contribution in [2.75, 3.05) is 33.3 Å². The SMILES string of the molecule is COC(=O)N1CCN(C(=O)c2cc(-c3ccco3)[nH]n2)CC1. The number of carbonyl (C=O) groups is 2. The molecule has 1 N–H and O–H groups in total. The predicted octanol–water partition coefficient (Wildman–Crippen LogP) is 1.19. The van der Waals surface area contributed by atoms with Gasteiger partial charge >= 0.3 is 6.09 Å². The van der Waals surface area contributed by atoms with E-state index in [1.54, 1.807) is 34.3 Å². The number of nitrogens with one attached hydrogen (secondary N) is 1. The Morgan fingerprint density at radius 2 is 2.00 bits per heavy atom. The standard InChI is InChI=1S/C14H16N4O4/c1-21-14(20)18-6-4-17(5-7-18)13(19)11-9-10(15-16-11)12-3-2-8-22-12/h2-3,8-9H,4-7H2,1H3,(H,15,16). The molecule has 22 heavy (non-hydrogen) atoms. The fraction of sp³-hybridized carbons (Fsp3) is 0.357. The molecule has 1 aliphatic heterocycles. The number of aromatic amines is 1. The van der Waals surface area contributed by atoms with Crippen LogP contribution in [0.3, 0.4) is 0 Å². The van der Waals surface area contributed by atoms with Crippen molar-refractivity contribution in [1.82, 2.24) is 20.0 Å². The van der Waals surface area contributed by atoms with Crippen LogP contribution in [0.5, 0.6) is 0 Å². The molecule has 0 saturated carbocycles.